The second-order valence-electron chi connectivity index (χ2n) is 4.71. The lowest BCUT2D eigenvalue weighted by atomic mass is 9.93. The van der Waals surface area contributed by atoms with Crippen LogP contribution >= 0.6 is 0 Å². The van der Waals surface area contributed by atoms with Gasteiger partial charge in [-0.05, 0) is 45.7 Å². The number of hydrogen-bond acceptors (Lipinski definition) is 5. The molecule has 1 aliphatic heterocycles. The third-order valence-electron chi connectivity index (χ3n) is 3.35. The summed E-state index contributed by atoms with van der Waals surface area (Å²) in [4.78, 5) is 8.30. The van der Waals surface area contributed by atoms with Crippen LogP contribution in [-0.2, 0) is 0 Å². The first-order valence-corrected chi connectivity index (χ1v) is 6.71. The van der Waals surface area contributed by atoms with Crippen LogP contribution in [0.5, 0.6) is 5.88 Å². The van der Waals surface area contributed by atoms with E-state index in [1.165, 1.54) is 12.8 Å². The van der Waals surface area contributed by atoms with Crippen LogP contribution in [-0.4, -0.2) is 35.7 Å². The van der Waals surface area contributed by atoms with Crippen LogP contribution in [0.3, 0.4) is 0 Å². The van der Waals surface area contributed by atoms with E-state index in [9.17, 15) is 0 Å². The zero-order valence-corrected chi connectivity index (χ0v) is 11.1. The van der Waals surface area contributed by atoms with Crippen molar-refractivity contribution in [3.05, 3.63) is 12.4 Å². The van der Waals surface area contributed by atoms with Crippen molar-refractivity contribution >= 4 is 5.82 Å². The van der Waals surface area contributed by atoms with Crippen molar-refractivity contribution in [1.29, 1.82) is 0 Å². The van der Waals surface area contributed by atoms with Crippen LogP contribution in [0.1, 0.15) is 26.7 Å². The first-order chi connectivity index (χ1) is 8.79. The Hall–Kier alpha value is -1.36. The van der Waals surface area contributed by atoms with Crippen LogP contribution in [0.25, 0.3) is 0 Å². The maximum Gasteiger partial charge on any atom is 0.218 e. The van der Waals surface area contributed by atoms with Crippen molar-refractivity contribution in [1.82, 2.24) is 15.3 Å². The SMILES string of the molecule is CCOc1cc(NC(C)C2CCCNC2)ncn1. The minimum absolute atomic E-state index is 0.405. The van der Waals surface area contributed by atoms with Gasteiger partial charge in [-0.25, -0.2) is 9.97 Å². The molecule has 2 atom stereocenters. The first-order valence-electron chi connectivity index (χ1n) is 6.71. The topological polar surface area (TPSA) is 59.1 Å². The van der Waals surface area contributed by atoms with Crippen molar-refractivity contribution in [2.75, 3.05) is 25.0 Å². The van der Waals surface area contributed by atoms with Crippen molar-refractivity contribution in [2.24, 2.45) is 5.92 Å². The van der Waals surface area contributed by atoms with E-state index in [0.29, 0.717) is 24.4 Å². The van der Waals surface area contributed by atoms with E-state index in [1.807, 2.05) is 13.0 Å². The van der Waals surface area contributed by atoms with Gasteiger partial charge in [0.25, 0.3) is 0 Å². The second-order valence-corrected chi connectivity index (χ2v) is 4.71. The molecule has 5 heteroatoms. The highest BCUT2D eigenvalue weighted by molar-refractivity contribution is 5.38. The minimum Gasteiger partial charge on any atom is -0.478 e. The van der Waals surface area contributed by atoms with Crippen LogP contribution in [0.15, 0.2) is 12.4 Å². The van der Waals surface area contributed by atoms with Crippen LogP contribution < -0.4 is 15.4 Å². The molecule has 1 aromatic heterocycles. The number of aromatic nitrogens is 2. The summed E-state index contributed by atoms with van der Waals surface area (Å²) in [6, 6.07) is 2.26. The number of piperidine rings is 1. The van der Waals surface area contributed by atoms with Crippen molar-refractivity contribution in [2.45, 2.75) is 32.7 Å². The third-order valence-corrected chi connectivity index (χ3v) is 3.35. The largest absolute Gasteiger partial charge is 0.478 e. The summed E-state index contributed by atoms with van der Waals surface area (Å²) in [5, 5.41) is 6.88. The smallest absolute Gasteiger partial charge is 0.218 e. The number of anilines is 1. The lowest BCUT2D eigenvalue weighted by Gasteiger charge is -2.29. The summed E-state index contributed by atoms with van der Waals surface area (Å²) in [7, 11) is 0. The maximum atomic E-state index is 5.37. The molecule has 5 nitrogen and oxygen atoms in total. The zero-order valence-electron chi connectivity index (χ0n) is 11.1. The molecule has 1 saturated heterocycles. The molecule has 2 N–H and O–H groups in total. The van der Waals surface area contributed by atoms with Crippen molar-refractivity contribution in [3.8, 4) is 5.88 Å². The number of nitrogens with one attached hydrogen (secondary N) is 2. The van der Waals surface area contributed by atoms with E-state index >= 15 is 0 Å². The molecule has 0 spiro atoms. The van der Waals surface area contributed by atoms with Crippen LogP contribution in [0, 0.1) is 5.92 Å². The Balaban J connectivity index is 1.93. The molecule has 0 aliphatic carbocycles. The summed E-state index contributed by atoms with van der Waals surface area (Å²) >= 11 is 0. The zero-order chi connectivity index (χ0) is 12.8. The molecule has 0 bridgehead atoms. The summed E-state index contributed by atoms with van der Waals surface area (Å²) in [6.45, 7) is 7.01. The summed E-state index contributed by atoms with van der Waals surface area (Å²) in [5.41, 5.74) is 0. The van der Waals surface area contributed by atoms with E-state index < -0.39 is 0 Å². The average molecular weight is 250 g/mol. The van der Waals surface area contributed by atoms with E-state index in [1.54, 1.807) is 6.33 Å². The highest BCUT2D eigenvalue weighted by Gasteiger charge is 2.19. The lowest BCUT2D eigenvalue weighted by molar-refractivity contribution is 0.325. The van der Waals surface area contributed by atoms with Gasteiger partial charge in [0, 0.05) is 12.1 Å². The Bertz CT molecular complexity index is 366. The fraction of sp³-hybridized carbons (Fsp3) is 0.692. The molecule has 1 aromatic rings. The predicted octanol–water partition coefficient (Wildman–Crippen LogP) is 1.68. The molecule has 2 rings (SSSR count). The molecule has 0 amide bonds. The lowest BCUT2D eigenvalue weighted by Crippen LogP contribution is -2.38. The monoisotopic (exact) mass is 250 g/mol. The normalized spacial score (nSPS) is 21.3. The van der Waals surface area contributed by atoms with E-state index in [2.05, 4.69) is 27.5 Å². The molecule has 100 valence electrons. The molecule has 0 radical (unpaired) electrons. The van der Waals surface area contributed by atoms with Gasteiger partial charge in [-0.3, -0.25) is 0 Å². The van der Waals surface area contributed by atoms with E-state index in [4.69, 9.17) is 4.74 Å². The highest BCUT2D eigenvalue weighted by Crippen LogP contribution is 2.19. The van der Waals surface area contributed by atoms with Gasteiger partial charge in [0.05, 0.1) is 6.61 Å². The van der Waals surface area contributed by atoms with Gasteiger partial charge < -0.3 is 15.4 Å². The Labute approximate surface area is 108 Å². The number of ether oxygens (including phenoxy) is 1. The maximum absolute atomic E-state index is 5.37. The van der Waals surface area contributed by atoms with Gasteiger partial charge in [0.1, 0.15) is 12.1 Å². The molecule has 1 fully saturated rings. The Morgan fingerprint density at radius 2 is 2.44 bits per heavy atom. The first kappa shape index (κ1) is 13.1. The standard InChI is InChI=1S/C13H22N4O/c1-3-18-13-7-12(15-9-16-13)17-10(2)11-5-4-6-14-8-11/h7,9-11,14H,3-6,8H2,1-2H3,(H,15,16,17). The fourth-order valence-corrected chi connectivity index (χ4v) is 2.30. The molecule has 1 aliphatic rings. The Morgan fingerprint density at radius 1 is 1.56 bits per heavy atom. The van der Waals surface area contributed by atoms with Gasteiger partial charge in [-0.1, -0.05) is 0 Å². The van der Waals surface area contributed by atoms with Gasteiger partial charge in [-0.2, -0.15) is 0 Å². The van der Waals surface area contributed by atoms with Gasteiger partial charge in [-0.15, -0.1) is 0 Å². The van der Waals surface area contributed by atoms with Gasteiger partial charge >= 0.3 is 0 Å². The van der Waals surface area contributed by atoms with Crippen molar-refractivity contribution < 1.29 is 4.74 Å². The van der Waals surface area contributed by atoms with Gasteiger partial charge in [0.15, 0.2) is 0 Å². The number of rotatable bonds is 5. The van der Waals surface area contributed by atoms with E-state index in [-0.39, 0.29) is 0 Å². The number of hydrogen-bond donors (Lipinski definition) is 2. The summed E-state index contributed by atoms with van der Waals surface area (Å²) in [6.07, 6.45) is 4.06. The quantitative estimate of drug-likeness (QED) is 0.832. The van der Waals surface area contributed by atoms with Crippen molar-refractivity contribution in [3.63, 3.8) is 0 Å². The van der Waals surface area contributed by atoms with Gasteiger partial charge in [0.2, 0.25) is 5.88 Å². The second kappa shape index (κ2) is 6.54. The van der Waals surface area contributed by atoms with E-state index in [0.717, 1.165) is 18.9 Å². The molecule has 2 unspecified atom stereocenters. The Kier molecular flexibility index (Phi) is 4.75. The average Bonchev–Trinajstić information content (AvgIpc) is 2.40. The third kappa shape index (κ3) is 3.57. The summed E-state index contributed by atoms with van der Waals surface area (Å²) < 4.78 is 5.37. The highest BCUT2D eigenvalue weighted by atomic mass is 16.5. The van der Waals surface area contributed by atoms with Crippen LogP contribution in [0.4, 0.5) is 5.82 Å². The predicted molar refractivity (Wildman–Crippen MR) is 71.9 cm³/mol. The molecule has 0 aromatic carbocycles. The molecule has 0 saturated carbocycles. The molecule has 2 heterocycles. The molecule has 18 heavy (non-hydrogen) atoms. The number of nitrogens with zero attached hydrogens (tertiary/aromatic N) is 2. The molecular weight excluding hydrogens is 228 g/mol. The Morgan fingerprint density at radius 3 is 3.17 bits per heavy atom. The minimum atomic E-state index is 0.405. The fourth-order valence-electron chi connectivity index (χ4n) is 2.30. The summed E-state index contributed by atoms with van der Waals surface area (Å²) in [5.74, 6) is 2.12. The van der Waals surface area contributed by atoms with Crippen LogP contribution in [0.2, 0.25) is 0 Å². The molecular formula is C13H22N4O.